The Morgan fingerprint density at radius 3 is 2.51 bits per heavy atom. The largest absolute Gasteiger partial charge is 0.504 e. The molecule has 9 heteroatoms. The van der Waals surface area contributed by atoms with Crippen LogP contribution < -0.4 is 15.1 Å². The molecule has 1 aliphatic rings. The quantitative estimate of drug-likeness (QED) is 0.413. The van der Waals surface area contributed by atoms with Gasteiger partial charge in [-0.3, -0.25) is 14.5 Å². The maximum Gasteiger partial charge on any atom is 0.416 e. The van der Waals surface area contributed by atoms with Gasteiger partial charge < -0.3 is 14.3 Å². The zero-order valence-electron chi connectivity index (χ0n) is 18.5. The number of methoxy groups -OCH3 is 1. The van der Waals surface area contributed by atoms with Crippen LogP contribution in [-0.4, -0.2) is 18.1 Å². The van der Waals surface area contributed by atoms with Crippen LogP contribution in [0.4, 0.5) is 18.9 Å². The van der Waals surface area contributed by atoms with E-state index in [-0.39, 0.29) is 39.5 Å². The molecule has 35 heavy (non-hydrogen) atoms. The summed E-state index contributed by atoms with van der Waals surface area (Å²) >= 11 is 0. The number of amides is 1. The van der Waals surface area contributed by atoms with Gasteiger partial charge in [0.05, 0.1) is 29.7 Å². The van der Waals surface area contributed by atoms with E-state index in [1.165, 1.54) is 37.4 Å². The fourth-order valence-electron chi connectivity index (χ4n) is 4.36. The second kappa shape index (κ2) is 7.90. The van der Waals surface area contributed by atoms with Crippen molar-refractivity contribution < 1.29 is 32.2 Å². The highest BCUT2D eigenvalue weighted by Gasteiger charge is 2.44. The van der Waals surface area contributed by atoms with Crippen LogP contribution in [0, 0.1) is 6.92 Å². The molecular formula is C26H18F3NO5. The molecule has 0 saturated carbocycles. The summed E-state index contributed by atoms with van der Waals surface area (Å²) in [5.41, 5.74) is -0.132. The van der Waals surface area contributed by atoms with Gasteiger partial charge in [0, 0.05) is 5.69 Å². The van der Waals surface area contributed by atoms with Gasteiger partial charge in [-0.1, -0.05) is 23.8 Å². The molecule has 5 rings (SSSR count). The van der Waals surface area contributed by atoms with Crippen molar-refractivity contribution in [2.75, 3.05) is 12.0 Å². The van der Waals surface area contributed by atoms with Crippen LogP contribution in [0.3, 0.4) is 0 Å². The van der Waals surface area contributed by atoms with Crippen molar-refractivity contribution in [1.82, 2.24) is 0 Å². The summed E-state index contributed by atoms with van der Waals surface area (Å²) in [4.78, 5) is 28.3. The number of phenols is 1. The second-order valence-corrected chi connectivity index (χ2v) is 8.23. The number of aryl methyl sites for hydroxylation is 1. The first-order chi connectivity index (χ1) is 16.6. The van der Waals surface area contributed by atoms with Crippen LogP contribution in [0.2, 0.25) is 0 Å². The number of aromatic hydroxyl groups is 1. The molecule has 0 saturated heterocycles. The molecule has 1 aliphatic heterocycles. The highest BCUT2D eigenvalue weighted by Crippen LogP contribution is 2.44. The van der Waals surface area contributed by atoms with Crippen LogP contribution in [0.25, 0.3) is 11.0 Å². The normalized spacial score (nSPS) is 15.5. The average Bonchev–Trinajstić information content (AvgIpc) is 3.12. The van der Waals surface area contributed by atoms with E-state index < -0.39 is 29.1 Å². The molecule has 1 aromatic heterocycles. The average molecular weight is 481 g/mol. The summed E-state index contributed by atoms with van der Waals surface area (Å²) in [7, 11) is 1.34. The lowest BCUT2D eigenvalue weighted by Gasteiger charge is -2.26. The number of hydrogen-bond acceptors (Lipinski definition) is 5. The first kappa shape index (κ1) is 22.5. The minimum absolute atomic E-state index is 0.00162. The Balaban J connectivity index is 1.81. The van der Waals surface area contributed by atoms with E-state index in [9.17, 15) is 27.9 Å². The van der Waals surface area contributed by atoms with Crippen LogP contribution in [0.15, 0.2) is 69.9 Å². The first-order valence-electron chi connectivity index (χ1n) is 10.5. The Hall–Kier alpha value is -4.27. The topological polar surface area (TPSA) is 80.0 Å². The molecule has 3 aromatic carbocycles. The smallest absolute Gasteiger partial charge is 0.416 e. The number of fused-ring (bicyclic) bond motifs is 2. The Labute approximate surface area is 196 Å². The number of benzene rings is 3. The van der Waals surface area contributed by atoms with Crippen molar-refractivity contribution in [2.24, 2.45) is 0 Å². The van der Waals surface area contributed by atoms with E-state index in [1.807, 2.05) is 0 Å². The van der Waals surface area contributed by atoms with E-state index in [1.54, 1.807) is 25.1 Å². The van der Waals surface area contributed by atoms with Crippen LogP contribution in [0.1, 0.15) is 38.9 Å². The van der Waals surface area contributed by atoms with Crippen LogP contribution in [-0.2, 0) is 6.18 Å². The van der Waals surface area contributed by atoms with E-state index in [0.29, 0.717) is 5.56 Å². The molecule has 0 aliphatic carbocycles. The molecule has 1 unspecified atom stereocenters. The van der Waals surface area contributed by atoms with E-state index >= 15 is 0 Å². The number of rotatable bonds is 3. The SMILES string of the molecule is COc1cc(C2c3c(oc4ccc(C)cc4c3=O)C(=O)N2c2cccc(C(F)(F)F)c2)ccc1O. The van der Waals surface area contributed by atoms with E-state index in [2.05, 4.69) is 0 Å². The summed E-state index contributed by atoms with van der Waals surface area (Å²) in [6.45, 7) is 1.80. The van der Waals surface area contributed by atoms with Gasteiger partial charge in [-0.05, 0) is 55.0 Å². The molecular weight excluding hydrogens is 463 g/mol. The van der Waals surface area contributed by atoms with E-state index in [4.69, 9.17) is 9.15 Å². The fourth-order valence-corrected chi connectivity index (χ4v) is 4.36. The Bertz CT molecular complexity index is 1560. The number of nitrogens with zero attached hydrogens (tertiary/aromatic N) is 1. The molecule has 0 bridgehead atoms. The van der Waals surface area contributed by atoms with Gasteiger partial charge >= 0.3 is 6.18 Å². The molecule has 1 atom stereocenters. The maximum atomic E-state index is 13.6. The van der Waals surface area contributed by atoms with E-state index in [0.717, 1.165) is 22.6 Å². The maximum absolute atomic E-state index is 13.6. The molecule has 1 amide bonds. The van der Waals surface area contributed by atoms with Crippen molar-refractivity contribution >= 4 is 22.6 Å². The summed E-state index contributed by atoms with van der Waals surface area (Å²) < 4.78 is 51.4. The predicted molar refractivity (Wildman–Crippen MR) is 122 cm³/mol. The Kier molecular flexibility index (Phi) is 5.08. The van der Waals surface area contributed by atoms with Crippen molar-refractivity contribution in [2.45, 2.75) is 19.1 Å². The summed E-state index contributed by atoms with van der Waals surface area (Å²) in [5, 5.41) is 10.3. The third-order valence-electron chi connectivity index (χ3n) is 6.00. The van der Waals surface area contributed by atoms with Crippen LogP contribution in [0.5, 0.6) is 11.5 Å². The van der Waals surface area contributed by atoms with Gasteiger partial charge in [0.15, 0.2) is 16.9 Å². The van der Waals surface area contributed by atoms with Gasteiger partial charge in [-0.25, -0.2) is 0 Å². The molecule has 4 aromatic rings. The second-order valence-electron chi connectivity index (χ2n) is 8.23. The van der Waals surface area contributed by atoms with Crippen molar-refractivity contribution in [3.63, 3.8) is 0 Å². The van der Waals surface area contributed by atoms with Gasteiger partial charge in [0.2, 0.25) is 5.76 Å². The van der Waals surface area contributed by atoms with Crippen molar-refractivity contribution in [3.8, 4) is 11.5 Å². The van der Waals surface area contributed by atoms with Crippen molar-refractivity contribution in [3.05, 3.63) is 98.9 Å². The van der Waals surface area contributed by atoms with Gasteiger partial charge in [0.1, 0.15) is 5.58 Å². The minimum atomic E-state index is -4.64. The lowest BCUT2D eigenvalue weighted by molar-refractivity contribution is -0.137. The zero-order valence-corrected chi connectivity index (χ0v) is 18.5. The van der Waals surface area contributed by atoms with Crippen molar-refractivity contribution in [1.29, 1.82) is 0 Å². The zero-order chi connectivity index (χ0) is 25.1. The number of anilines is 1. The number of carbonyl (C=O) groups is 1. The number of alkyl halides is 3. The molecule has 6 nitrogen and oxygen atoms in total. The fraction of sp³-hybridized carbons (Fsp3) is 0.154. The lowest BCUT2D eigenvalue weighted by atomic mass is 9.97. The molecule has 2 heterocycles. The number of ether oxygens (including phenoxy) is 1. The number of hydrogen-bond donors (Lipinski definition) is 1. The highest BCUT2D eigenvalue weighted by molar-refractivity contribution is 6.10. The summed E-state index contributed by atoms with van der Waals surface area (Å²) in [5.74, 6) is -1.10. The van der Waals surface area contributed by atoms with Gasteiger partial charge in [-0.2, -0.15) is 13.2 Å². The van der Waals surface area contributed by atoms with Gasteiger partial charge in [-0.15, -0.1) is 0 Å². The highest BCUT2D eigenvalue weighted by atomic mass is 19.4. The third kappa shape index (κ3) is 3.60. The monoisotopic (exact) mass is 481 g/mol. The first-order valence-corrected chi connectivity index (χ1v) is 10.5. The Morgan fingerprint density at radius 2 is 1.80 bits per heavy atom. The number of phenolic OH excluding ortho intramolecular Hbond substituents is 1. The Morgan fingerprint density at radius 1 is 1.03 bits per heavy atom. The molecule has 0 radical (unpaired) electrons. The number of carbonyl (C=O) groups excluding carboxylic acids is 1. The molecule has 1 N–H and O–H groups in total. The standard InChI is InChI=1S/C26H18F3NO5/c1-13-6-9-19-17(10-13)23(32)21-22(14-7-8-18(31)20(11-14)34-2)30(25(33)24(21)35-19)16-5-3-4-15(12-16)26(27,28)29/h3-12,22,31H,1-2H3. The molecule has 0 fully saturated rings. The predicted octanol–water partition coefficient (Wildman–Crippen LogP) is 5.58. The lowest BCUT2D eigenvalue weighted by Crippen LogP contribution is -2.29. The summed E-state index contributed by atoms with van der Waals surface area (Å²) in [6.07, 6.45) is -4.64. The molecule has 0 spiro atoms. The third-order valence-corrected chi connectivity index (χ3v) is 6.00. The molecule has 178 valence electrons. The van der Waals surface area contributed by atoms with Gasteiger partial charge in [0.25, 0.3) is 5.91 Å². The summed E-state index contributed by atoms with van der Waals surface area (Å²) in [6, 6.07) is 12.4. The van der Waals surface area contributed by atoms with Crippen LogP contribution >= 0.6 is 0 Å². The minimum Gasteiger partial charge on any atom is -0.504 e. The number of halogens is 3.